The van der Waals surface area contributed by atoms with Crippen LogP contribution in [0.5, 0.6) is 0 Å². The topological polar surface area (TPSA) is 32.3 Å². The van der Waals surface area contributed by atoms with Gasteiger partial charge in [-0.2, -0.15) is 0 Å². The number of hydrogen-bond donors (Lipinski definition) is 1. The predicted octanol–water partition coefficient (Wildman–Crippen LogP) is 4.34. The molecule has 2 heterocycles. The van der Waals surface area contributed by atoms with E-state index in [0.717, 1.165) is 30.9 Å². The highest BCUT2D eigenvalue weighted by Gasteiger charge is 2.21. The number of aryl methyl sites for hydroxylation is 1. The lowest BCUT2D eigenvalue weighted by atomic mass is 10.1. The van der Waals surface area contributed by atoms with Crippen molar-refractivity contribution in [3.8, 4) is 0 Å². The van der Waals surface area contributed by atoms with Gasteiger partial charge in [-0.25, -0.2) is 0 Å². The van der Waals surface area contributed by atoms with Crippen LogP contribution in [-0.2, 0) is 17.8 Å². The quantitative estimate of drug-likeness (QED) is 0.878. The first-order chi connectivity index (χ1) is 10.0. The lowest BCUT2D eigenvalue weighted by Crippen LogP contribution is -2.25. The molecule has 1 aliphatic rings. The Labute approximate surface area is 137 Å². The Hall–Kier alpha value is -1.33. The van der Waals surface area contributed by atoms with Gasteiger partial charge in [-0.1, -0.05) is 0 Å². The predicted molar refractivity (Wildman–Crippen MR) is 92.3 cm³/mol. The summed E-state index contributed by atoms with van der Waals surface area (Å²) in [5.41, 5.74) is 3.42. The number of rotatable bonds is 3. The molecule has 3 nitrogen and oxygen atoms in total. The number of carbonyl (C=O) groups excluding carboxylic acids is 1. The summed E-state index contributed by atoms with van der Waals surface area (Å²) in [6.07, 6.45) is 0.939. The monoisotopic (exact) mass is 364 g/mol. The number of nitrogens with zero attached hydrogens (tertiary/aromatic N) is 1. The number of anilines is 2. The molecule has 0 spiro atoms. The smallest absolute Gasteiger partial charge is 0.223 e. The number of nitrogens with one attached hydrogen (secondary N) is 1. The highest BCUT2D eigenvalue weighted by molar-refractivity contribution is 9.10. The summed E-state index contributed by atoms with van der Waals surface area (Å²) in [6.45, 7) is 5.36. The number of benzene rings is 1. The Morgan fingerprint density at radius 2 is 2.24 bits per heavy atom. The summed E-state index contributed by atoms with van der Waals surface area (Å²) in [4.78, 5) is 16.0. The zero-order chi connectivity index (χ0) is 15.0. The van der Waals surface area contributed by atoms with Crippen LogP contribution in [0.1, 0.15) is 22.2 Å². The Kier molecular flexibility index (Phi) is 4.04. The molecule has 1 aliphatic heterocycles. The maximum absolute atomic E-state index is 11.5. The highest BCUT2D eigenvalue weighted by atomic mass is 79.9. The van der Waals surface area contributed by atoms with E-state index in [1.807, 2.05) is 11.0 Å². The standard InChI is InChI=1S/C16H17BrN2OS/c1-10-15(17)8-14(21-10)9-18-13-3-4-16-12(7-13)5-6-19(16)11(2)20/h3-4,7-8,18H,5-6,9H2,1-2H3. The van der Waals surface area contributed by atoms with Crippen LogP contribution >= 0.6 is 27.3 Å². The molecule has 5 heteroatoms. The molecule has 0 aliphatic carbocycles. The minimum atomic E-state index is 0.119. The molecule has 1 amide bonds. The van der Waals surface area contributed by atoms with Crippen LogP contribution in [0.15, 0.2) is 28.7 Å². The summed E-state index contributed by atoms with van der Waals surface area (Å²) in [5, 5.41) is 3.46. The third-order valence-corrected chi connectivity index (χ3v) is 5.87. The minimum Gasteiger partial charge on any atom is -0.380 e. The minimum absolute atomic E-state index is 0.119. The van der Waals surface area contributed by atoms with Crippen molar-refractivity contribution in [1.29, 1.82) is 0 Å². The first-order valence-electron chi connectivity index (χ1n) is 6.94. The normalized spacial score (nSPS) is 13.4. The largest absolute Gasteiger partial charge is 0.380 e. The molecule has 0 radical (unpaired) electrons. The van der Waals surface area contributed by atoms with Crippen molar-refractivity contribution in [3.63, 3.8) is 0 Å². The molecule has 0 fully saturated rings. The summed E-state index contributed by atoms with van der Waals surface area (Å²) >= 11 is 5.35. The van der Waals surface area contributed by atoms with Crippen molar-refractivity contribution in [2.75, 3.05) is 16.8 Å². The van der Waals surface area contributed by atoms with Gasteiger partial charge < -0.3 is 10.2 Å². The molecule has 1 N–H and O–H groups in total. The zero-order valence-electron chi connectivity index (χ0n) is 12.1. The number of fused-ring (bicyclic) bond motifs is 1. The number of amides is 1. The van der Waals surface area contributed by atoms with Crippen LogP contribution in [0.4, 0.5) is 11.4 Å². The molecule has 2 aromatic rings. The molecule has 110 valence electrons. The van der Waals surface area contributed by atoms with Gasteiger partial charge in [0.1, 0.15) is 0 Å². The van der Waals surface area contributed by atoms with E-state index in [1.165, 1.54) is 19.8 Å². The van der Waals surface area contributed by atoms with Gasteiger partial charge in [0.25, 0.3) is 0 Å². The van der Waals surface area contributed by atoms with Crippen molar-refractivity contribution in [2.24, 2.45) is 0 Å². The average Bonchev–Trinajstić information content (AvgIpc) is 3.00. The Morgan fingerprint density at radius 3 is 2.90 bits per heavy atom. The number of hydrogen-bond acceptors (Lipinski definition) is 3. The molecule has 3 rings (SSSR count). The molecule has 0 bridgehead atoms. The number of carbonyl (C=O) groups is 1. The maximum atomic E-state index is 11.5. The SMILES string of the molecule is CC(=O)N1CCc2cc(NCc3cc(Br)c(C)s3)ccc21. The average molecular weight is 365 g/mol. The van der Waals surface area contributed by atoms with Gasteiger partial charge in [0.05, 0.1) is 0 Å². The second kappa shape index (κ2) is 5.81. The summed E-state index contributed by atoms with van der Waals surface area (Å²) in [5.74, 6) is 0.119. The Bertz CT molecular complexity index is 676. The maximum Gasteiger partial charge on any atom is 0.223 e. The van der Waals surface area contributed by atoms with Crippen LogP contribution < -0.4 is 10.2 Å². The van der Waals surface area contributed by atoms with Crippen LogP contribution in [0.3, 0.4) is 0 Å². The Balaban J connectivity index is 1.72. The summed E-state index contributed by atoms with van der Waals surface area (Å²) in [7, 11) is 0. The van der Waals surface area contributed by atoms with Gasteiger partial charge >= 0.3 is 0 Å². The third kappa shape index (κ3) is 2.99. The molecule has 0 saturated heterocycles. The van der Waals surface area contributed by atoms with E-state index in [9.17, 15) is 4.79 Å². The molecule has 0 saturated carbocycles. The van der Waals surface area contributed by atoms with Gasteiger partial charge in [0.15, 0.2) is 0 Å². The van der Waals surface area contributed by atoms with E-state index in [-0.39, 0.29) is 5.91 Å². The fourth-order valence-electron chi connectivity index (χ4n) is 2.63. The van der Waals surface area contributed by atoms with E-state index in [0.29, 0.717) is 0 Å². The first-order valence-corrected chi connectivity index (χ1v) is 8.55. The van der Waals surface area contributed by atoms with Gasteiger partial charge in [-0.15, -0.1) is 11.3 Å². The van der Waals surface area contributed by atoms with Crippen LogP contribution in [-0.4, -0.2) is 12.5 Å². The molecule has 0 atom stereocenters. The highest BCUT2D eigenvalue weighted by Crippen LogP contribution is 2.31. The fourth-order valence-corrected chi connectivity index (χ4v) is 4.17. The molecule has 21 heavy (non-hydrogen) atoms. The first kappa shape index (κ1) is 14.6. The van der Waals surface area contributed by atoms with E-state index < -0.39 is 0 Å². The van der Waals surface area contributed by atoms with Gasteiger partial charge in [0, 0.05) is 45.6 Å². The molecule has 1 aromatic carbocycles. The van der Waals surface area contributed by atoms with E-state index in [1.54, 1.807) is 18.3 Å². The van der Waals surface area contributed by atoms with Crippen molar-refractivity contribution >= 4 is 44.5 Å². The lowest BCUT2D eigenvalue weighted by molar-refractivity contribution is -0.116. The van der Waals surface area contributed by atoms with Crippen LogP contribution in [0, 0.1) is 6.92 Å². The molecule has 0 unspecified atom stereocenters. The van der Waals surface area contributed by atoms with Crippen molar-refractivity contribution in [1.82, 2.24) is 0 Å². The van der Waals surface area contributed by atoms with Crippen molar-refractivity contribution in [2.45, 2.75) is 26.8 Å². The van der Waals surface area contributed by atoms with Crippen LogP contribution in [0.25, 0.3) is 0 Å². The van der Waals surface area contributed by atoms with Crippen molar-refractivity contribution < 1.29 is 4.79 Å². The van der Waals surface area contributed by atoms with Crippen LogP contribution in [0.2, 0.25) is 0 Å². The van der Waals surface area contributed by atoms with E-state index in [2.05, 4.69) is 46.4 Å². The zero-order valence-corrected chi connectivity index (χ0v) is 14.5. The third-order valence-electron chi connectivity index (χ3n) is 3.73. The fraction of sp³-hybridized carbons (Fsp3) is 0.312. The number of thiophene rings is 1. The van der Waals surface area contributed by atoms with E-state index in [4.69, 9.17) is 0 Å². The summed E-state index contributed by atoms with van der Waals surface area (Å²) < 4.78 is 1.18. The van der Waals surface area contributed by atoms with Gasteiger partial charge in [-0.3, -0.25) is 4.79 Å². The van der Waals surface area contributed by atoms with Gasteiger partial charge in [0.2, 0.25) is 5.91 Å². The molecule has 1 aromatic heterocycles. The van der Waals surface area contributed by atoms with Crippen molar-refractivity contribution in [3.05, 3.63) is 44.1 Å². The second-order valence-electron chi connectivity index (χ2n) is 5.23. The number of halogens is 1. The second-order valence-corrected chi connectivity index (χ2v) is 7.43. The molecular weight excluding hydrogens is 348 g/mol. The lowest BCUT2D eigenvalue weighted by Gasteiger charge is -2.15. The summed E-state index contributed by atoms with van der Waals surface area (Å²) in [6, 6.07) is 8.42. The van der Waals surface area contributed by atoms with Gasteiger partial charge in [-0.05, 0) is 59.1 Å². The Morgan fingerprint density at radius 1 is 1.43 bits per heavy atom. The molecular formula is C16H17BrN2OS. The van der Waals surface area contributed by atoms with E-state index >= 15 is 0 Å².